The number of nitrogens with zero attached hydrogens (tertiary/aromatic N) is 1. The molecule has 6 heteroatoms. The normalized spacial score (nSPS) is 12.0. The molecule has 3 N–H and O–H groups in total. The van der Waals surface area contributed by atoms with Gasteiger partial charge < -0.3 is 20.3 Å². The van der Waals surface area contributed by atoms with Gasteiger partial charge in [0.25, 0.3) is 0 Å². The highest BCUT2D eigenvalue weighted by Gasteiger charge is 2.14. The molecular weight excluding hydrogens is 294 g/mol. The van der Waals surface area contributed by atoms with Crippen molar-refractivity contribution in [3.63, 3.8) is 0 Å². The Kier molecular flexibility index (Phi) is 5.76. The number of aliphatic hydroxyl groups excluding tert-OH is 1. The molecule has 1 unspecified atom stereocenters. The number of rotatable bonds is 6. The van der Waals surface area contributed by atoms with Crippen molar-refractivity contribution in [1.82, 2.24) is 15.8 Å². The summed E-state index contributed by atoms with van der Waals surface area (Å²) in [5, 5.41) is 18.9. The summed E-state index contributed by atoms with van der Waals surface area (Å²) >= 11 is 0. The van der Waals surface area contributed by atoms with Gasteiger partial charge in [0, 0.05) is 18.2 Å². The summed E-state index contributed by atoms with van der Waals surface area (Å²) < 4.78 is 5.13. The third kappa shape index (κ3) is 4.56. The van der Waals surface area contributed by atoms with E-state index in [1.807, 2.05) is 45.0 Å². The highest BCUT2D eigenvalue weighted by atomic mass is 16.5. The van der Waals surface area contributed by atoms with Gasteiger partial charge in [-0.2, -0.15) is 0 Å². The van der Waals surface area contributed by atoms with Crippen molar-refractivity contribution in [1.29, 1.82) is 0 Å². The number of carbonyl (C=O) groups excluding carboxylic acids is 1. The van der Waals surface area contributed by atoms with Gasteiger partial charge >= 0.3 is 6.03 Å². The molecule has 23 heavy (non-hydrogen) atoms. The summed E-state index contributed by atoms with van der Waals surface area (Å²) in [6.45, 7) is 6.04. The third-order valence-electron chi connectivity index (χ3n) is 3.80. The zero-order chi connectivity index (χ0) is 16.8. The predicted molar refractivity (Wildman–Crippen MR) is 86.9 cm³/mol. The molecule has 1 atom stereocenters. The van der Waals surface area contributed by atoms with Gasteiger partial charge in [-0.3, -0.25) is 0 Å². The van der Waals surface area contributed by atoms with Crippen molar-refractivity contribution in [3.05, 3.63) is 52.4 Å². The maximum Gasteiger partial charge on any atom is 0.315 e. The van der Waals surface area contributed by atoms with E-state index >= 15 is 0 Å². The van der Waals surface area contributed by atoms with Crippen molar-refractivity contribution in [2.24, 2.45) is 0 Å². The number of amides is 2. The number of benzene rings is 1. The van der Waals surface area contributed by atoms with Crippen molar-refractivity contribution >= 4 is 6.03 Å². The average molecular weight is 317 g/mol. The van der Waals surface area contributed by atoms with Crippen LogP contribution in [0.2, 0.25) is 0 Å². The molecule has 0 saturated carbocycles. The monoisotopic (exact) mass is 317 g/mol. The van der Waals surface area contributed by atoms with Crippen LogP contribution in [0.25, 0.3) is 0 Å². The van der Waals surface area contributed by atoms with E-state index in [4.69, 9.17) is 4.52 Å². The summed E-state index contributed by atoms with van der Waals surface area (Å²) in [7, 11) is 0. The number of aromatic nitrogens is 1. The highest BCUT2D eigenvalue weighted by molar-refractivity contribution is 5.74. The summed E-state index contributed by atoms with van der Waals surface area (Å²) in [5.74, 6) is 0.786. The molecular formula is C17H23N3O3. The first-order chi connectivity index (χ1) is 11.0. The Labute approximate surface area is 135 Å². The van der Waals surface area contributed by atoms with Gasteiger partial charge in [0.1, 0.15) is 5.76 Å². The van der Waals surface area contributed by atoms with Gasteiger partial charge in [-0.1, -0.05) is 29.4 Å². The number of carbonyl (C=O) groups is 1. The first kappa shape index (κ1) is 17.0. The number of hydrogen-bond acceptors (Lipinski definition) is 4. The van der Waals surface area contributed by atoms with Crippen LogP contribution in [0.4, 0.5) is 4.79 Å². The van der Waals surface area contributed by atoms with Crippen LogP contribution >= 0.6 is 0 Å². The zero-order valence-corrected chi connectivity index (χ0v) is 13.7. The standard InChI is InChI=1S/C17H23N3O3/c1-11(8-16-12(2)20-23-13(16)3)19-17(22)18-9-14-6-4-5-7-15(14)10-21/h4-7,11,21H,8-10H2,1-3H3,(H2,18,19,22). The van der Waals surface area contributed by atoms with Crippen molar-refractivity contribution in [3.8, 4) is 0 Å². The molecule has 1 aromatic heterocycles. The second kappa shape index (κ2) is 7.78. The number of hydrogen-bond donors (Lipinski definition) is 3. The van der Waals surface area contributed by atoms with Crippen molar-refractivity contribution in [2.45, 2.75) is 46.4 Å². The fourth-order valence-corrected chi connectivity index (χ4v) is 2.49. The number of urea groups is 1. The molecule has 124 valence electrons. The summed E-state index contributed by atoms with van der Waals surface area (Å²) in [4.78, 5) is 12.0. The molecule has 0 aliphatic rings. The second-order valence-corrected chi connectivity index (χ2v) is 5.66. The van der Waals surface area contributed by atoms with E-state index in [9.17, 15) is 9.90 Å². The Morgan fingerprint density at radius 1 is 1.30 bits per heavy atom. The smallest absolute Gasteiger partial charge is 0.315 e. The van der Waals surface area contributed by atoms with Crippen LogP contribution in [0.15, 0.2) is 28.8 Å². The summed E-state index contributed by atoms with van der Waals surface area (Å²) in [6.07, 6.45) is 0.668. The average Bonchev–Trinajstić information content (AvgIpc) is 2.85. The van der Waals surface area contributed by atoms with Crippen LogP contribution in [0.3, 0.4) is 0 Å². The van der Waals surface area contributed by atoms with Crippen molar-refractivity contribution < 1.29 is 14.4 Å². The van der Waals surface area contributed by atoms with E-state index in [1.54, 1.807) is 0 Å². The first-order valence-electron chi connectivity index (χ1n) is 7.65. The maximum atomic E-state index is 12.0. The van der Waals surface area contributed by atoms with Crippen LogP contribution < -0.4 is 10.6 Å². The molecule has 0 fully saturated rings. The molecule has 0 radical (unpaired) electrons. The van der Waals surface area contributed by atoms with E-state index in [2.05, 4.69) is 15.8 Å². The molecule has 1 aromatic carbocycles. The molecule has 1 heterocycles. The number of aryl methyl sites for hydroxylation is 2. The van der Waals surface area contributed by atoms with Crippen LogP contribution in [-0.4, -0.2) is 22.3 Å². The van der Waals surface area contributed by atoms with E-state index in [1.165, 1.54) is 0 Å². The SMILES string of the molecule is Cc1noc(C)c1CC(C)NC(=O)NCc1ccccc1CO. The molecule has 0 saturated heterocycles. The predicted octanol–water partition coefficient (Wildman–Crippen LogP) is 2.21. The lowest BCUT2D eigenvalue weighted by Crippen LogP contribution is -2.41. The third-order valence-corrected chi connectivity index (χ3v) is 3.80. The molecule has 2 aromatic rings. The number of nitrogens with one attached hydrogen (secondary N) is 2. The Hall–Kier alpha value is -2.34. The van der Waals surface area contributed by atoms with Gasteiger partial charge in [0.05, 0.1) is 12.3 Å². The second-order valence-electron chi connectivity index (χ2n) is 5.66. The topological polar surface area (TPSA) is 87.4 Å². The minimum absolute atomic E-state index is 0.0398. The van der Waals surface area contributed by atoms with Gasteiger partial charge in [0.2, 0.25) is 0 Å². The van der Waals surface area contributed by atoms with Crippen LogP contribution in [0, 0.1) is 13.8 Å². The Morgan fingerprint density at radius 3 is 2.61 bits per heavy atom. The Morgan fingerprint density at radius 2 is 2.00 bits per heavy atom. The fourth-order valence-electron chi connectivity index (χ4n) is 2.49. The van der Waals surface area contributed by atoms with Gasteiger partial charge in [0.15, 0.2) is 0 Å². The fraction of sp³-hybridized carbons (Fsp3) is 0.412. The Bertz CT molecular complexity index is 647. The molecule has 6 nitrogen and oxygen atoms in total. The summed E-state index contributed by atoms with van der Waals surface area (Å²) in [6, 6.07) is 7.19. The quantitative estimate of drug-likeness (QED) is 0.762. The number of aliphatic hydroxyl groups is 1. The van der Waals surface area contributed by atoms with Crippen LogP contribution in [-0.2, 0) is 19.6 Å². The van der Waals surface area contributed by atoms with Gasteiger partial charge in [-0.05, 0) is 38.3 Å². The molecule has 0 aliphatic heterocycles. The molecule has 0 spiro atoms. The summed E-state index contributed by atoms with van der Waals surface area (Å²) in [5.41, 5.74) is 3.61. The lowest BCUT2D eigenvalue weighted by atomic mass is 10.1. The lowest BCUT2D eigenvalue weighted by Gasteiger charge is -2.15. The lowest BCUT2D eigenvalue weighted by molar-refractivity contribution is 0.237. The zero-order valence-electron chi connectivity index (χ0n) is 13.7. The maximum absolute atomic E-state index is 12.0. The van der Waals surface area contributed by atoms with Crippen molar-refractivity contribution in [2.75, 3.05) is 0 Å². The minimum Gasteiger partial charge on any atom is -0.392 e. The molecule has 2 amide bonds. The van der Waals surface area contributed by atoms with Crippen LogP contribution in [0.5, 0.6) is 0 Å². The Balaban J connectivity index is 1.85. The minimum atomic E-state index is -0.239. The molecule has 0 aliphatic carbocycles. The largest absolute Gasteiger partial charge is 0.392 e. The van der Waals surface area contributed by atoms with Gasteiger partial charge in [-0.25, -0.2) is 4.79 Å². The molecule has 0 bridgehead atoms. The van der Waals surface area contributed by atoms with Gasteiger partial charge in [-0.15, -0.1) is 0 Å². The van der Waals surface area contributed by atoms with E-state index < -0.39 is 0 Å². The molecule has 2 rings (SSSR count). The van der Waals surface area contributed by atoms with Crippen LogP contribution in [0.1, 0.15) is 35.1 Å². The highest BCUT2D eigenvalue weighted by Crippen LogP contribution is 2.14. The van der Waals surface area contributed by atoms with E-state index in [0.717, 1.165) is 28.1 Å². The van der Waals surface area contributed by atoms with E-state index in [0.29, 0.717) is 13.0 Å². The van der Waals surface area contributed by atoms with E-state index in [-0.39, 0.29) is 18.7 Å². The first-order valence-corrected chi connectivity index (χ1v) is 7.65.